The highest BCUT2D eigenvalue weighted by atomic mass is 16.6. The number of allylic oxidation sites excluding steroid dienone is 18. The van der Waals surface area contributed by atoms with Crippen LogP contribution in [0.4, 0.5) is 0 Å². The minimum atomic E-state index is -0.815. The van der Waals surface area contributed by atoms with Gasteiger partial charge < -0.3 is 14.2 Å². The lowest BCUT2D eigenvalue weighted by Gasteiger charge is -2.18. The van der Waals surface area contributed by atoms with Gasteiger partial charge >= 0.3 is 17.9 Å². The van der Waals surface area contributed by atoms with Crippen LogP contribution >= 0.6 is 0 Å². The summed E-state index contributed by atoms with van der Waals surface area (Å²) >= 11 is 0. The van der Waals surface area contributed by atoms with Crippen molar-refractivity contribution in [3.8, 4) is 0 Å². The highest BCUT2D eigenvalue weighted by Gasteiger charge is 2.19. The Morgan fingerprint density at radius 2 is 0.627 bits per heavy atom. The van der Waals surface area contributed by atoms with Gasteiger partial charge in [0.05, 0.1) is 0 Å². The largest absolute Gasteiger partial charge is 0.462 e. The van der Waals surface area contributed by atoms with E-state index in [1.807, 2.05) is 6.08 Å². The van der Waals surface area contributed by atoms with Crippen molar-refractivity contribution in [3.05, 3.63) is 109 Å². The first-order chi connectivity index (χ1) is 33.0. The van der Waals surface area contributed by atoms with E-state index in [1.165, 1.54) is 96.3 Å². The maximum atomic E-state index is 12.8. The Bertz CT molecular complexity index is 1390. The molecule has 0 heterocycles. The normalized spacial score (nSPS) is 12.9. The van der Waals surface area contributed by atoms with Crippen LogP contribution in [0.3, 0.4) is 0 Å². The number of hydrogen-bond acceptors (Lipinski definition) is 6. The van der Waals surface area contributed by atoms with Gasteiger partial charge in [0.25, 0.3) is 0 Å². The molecular weight excluding hydrogens is 829 g/mol. The van der Waals surface area contributed by atoms with E-state index in [1.54, 1.807) is 0 Å². The predicted molar refractivity (Wildman–Crippen MR) is 288 cm³/mol. The number of hydrogen-bond donors (Lipinski definition) is 0. The van der Waals surface area contributed by atoms with Gasteiger partial charge in [0.2, 0.25) is 0 Å². The molecule has 0 aliphatic carbocycles. The summed E-state index contributed by atoms with van der Waals surface area (Å²) in [6, 6.07) is 0. The van der Waals surface area contributed by atoms with Gasteiger partial charge in [0.15, 0.2) is 6.10 Å². The van der Waals surface area contributed by atoms with Gasteiger partial charge in [-0.25, -0.2) is 0 Å². The Morgan fingerprint density at radius 3 is 1.06 bits per heavy atom. The van der Waals surface area contributed by atoms with E-state index < -0.39 is 6.10 Å². The summed E-state index contributed by atoms with van der Waals surface area (Å²) in [7, 11) is 0. The number of carbonyl (C=O) groups is 3. The van der Waals surface area contributed by atoms with Gasteiger partial charge in [-0.1, -0.05) is 220 Å². The lowest BCUT2D eigenvalue weighted by Crippen LogP contribution is -2.30. The van der Waals surface area contributed by atoms with Crippen LogP contribution in [0, 0.1) is 0 Å². The van der Waals surface area contributed by atoms with Crippen LogP contribution in [0.15, 0.2) is 109 Å². The molecule has 0 bridgehead atoms. The van der Waals surface area contributed by atoms with Gasteiger partial charge in [-0.3, -0.25) is 14.4 Å². The van der Waals surface area contributed by atoms with Crippen LogP contribution in [0.1, 0.15) is 239 Å². The van der Waals surface area contributed by atoms with Gasteiger partial charge in [0, 0.05) is 19.3 Å². The summed E-state index contributed by atoms with van der Waals surface area (Å²) in [5.41, 5.74) is 0. The molecule has 0 aromatic carbocycles. The zero-order valence-corrected chi connectivity index (χ0v) is 43.4. The number of esters is 3. The van der Waals surface area contributed by atoms with E-state index in [4.69, 9.17) is 14.2 Å². The lowest BCUT2D eigenvalue weighted by molar-refractivity contribution is -0.166. The average Bonchev–Trinajstić information content (AvgIpc) is 3.33. The molecule has 0 aliphatic rings. The fourth-order valence-corrected chi connectivity index (χ4v) is 7.13. The molecule has 0 aromatic rings. The van der Waals surface area contributed by atoms with E-state index in [-0.39, 0.29) is 37.5 Å². The maximum absolute atomic E-state index is 12.8. The minimum absolute atomic E-state index is 0.109. The fraction of sp³-hybridized carbons (Fsp3) is 0.656. The minimum Gasteiger partial charge on any atom is -0.462 e. The van der Waals surface area contributed by atoms with E-state index in [9.17, 15) is 14.4 Å². The van der Waals surface area contributed by atoms with Crippen molar-refractivity contribution in [1.29, 1.82) is 0 Å². The van der Waals surface area contributed by atoms with Crippen molar-refractivity contribution < 1.29 is 28.6 Å². The summed E-state index contributed by atoms with van der Waals surface area (Å²) in [5, 5.41) is 0. The van der Waals surface area contributed by atoms with Crippen LogP contribution in [0.5, 0.6) is 0 Å². The summed E-state index contributed by atoms with van der Waals surface area (Å²) in [6.07, 6.45) is 73.7. The number of unbranched alkanes of at least 4 members (excludes halogenated alkanes) is 19. The molecule has 0 saturated carbocycles. The molecule has 6 heteroatoms. The molecule has 0 amide bonds. The Morgan fingerprint density at radius 1 is 0.313 bits per heavy atom. The van der Waals surface area contributed by atoms with Crippen LogP contribution in [-0.2, 0) is 28.6 Å². The summed E-state index contributed by atoms with van der Waals surface area (Å²) in [6.45, 7) is 6.38. The molecule has 0 radical (unpaired) electrons. The Kier molecular flexibility index (Phi) is 51.5. The summed E-state index contributed by atoms with van der Waals surface area (Å²) < 4.78 is 16.7. The quantitative estimate of drug-likeness (QED) is 0.0262. The first kappa shape index (κ1) is 63.1. The molecule has 0 saturated heterocycles. The van der Waals surface area contributed by atoms with E-state index in [2.05, 4.69) is 124 Å². The second-order valence-electron chi connectivity index (χ2n) is 17.7. The third kappa shape index (κ3) is 52.9. The third-order valence-electron chi connectivity index (χ3n) is 11.2. The zero-order chi connectivity index (χ0) is 48.6. The van der Waals surface area contributed by atoms with Crippen LogP contribution in [0.2, 0.25) is 0 Å². The number of carbonyl (C=O) groups excluding carboxylic acids is 3. The zero-order valence-electron chi connectivity index (χ0n) is 43.4. The molecule has 0 fully saturated rings. The molecular formula is C61H100O6. The van der Waals surface area contributed by atoms with Crippen LogP contribution < -0.4 is 0 Å². The van der Waals surface area contributed by atoms with Gasteiger partial charge in [0.1, 0.15) is 13.2 Å². The molecule has 0 aromatic heterocycles. The van der Waals surface area contributed by atoms with E-state index in [0.717, 1.165) is 96.3 Å². The second kappa shape index (κ2) is 54.7. The predicted octanol–water partition coefficient (Wildman–Crippen LogP) is 18.3. The summed E-state index contributed by atoms with van der Waals surface area (Å²) in [4.78, 5) is 38.0. The average molecular weight is 929 g/mol. The topological polar surface area (TPSA) is 78.9 Å². The Balaban J connectivity index is 4.48. The van der Waals surface area contributed by atoms with Crippen LogP contribution in [-0.4, -0.2) is 37.2 Å². The van der Waals surface area contributed by atoms with Crippen molar-refractivity contribution in [2.45, 2.75) is 245 Å². The smallest absolute Gasteiger partial charge is 0.306 e. The van der Waals surface area contributed by atoms with Crippen LogP contribution in [0.25, 0.3) is 0 Å². The lowest BCUT2D eigenvalue weighted by atomic mass is 10.1. The van der Waals surface area contributed by atoms with Crippen molar-refractivity contribution in [2.75, 3.05) is 13.2 Å². The molecule has 1 atom stereocenters. The molecule has 67 heavy (non-hydrogen) atoms. The van der Waals surface area contributed by atoms with E-state index in [0.29, 0.717) is 19.3 Å². The molecule has 0 N–H and O–H groups in total. The van der Waals surface area contributed by atoms with Crippen molar-refractivity contribution in [2.24, 2.45) is 0 Å². The van der Waals surface area contributed by atoms with Gasteiger partial charge in [-0.15, -0.1) is 0 Å². The molecule has 0 aliphatic heterocycles. The molecule has 0 spiro atoms. The number of rotatable bonds is 48. The van der Waals surface area contributed by atoms with E-state index >= 15 is 0 Å². The monoisotopic (exact) mass is 929 g/mol. The second-order valence-corrected chi connectivity index (χ2v) is 17.7. The SMILES string of the molecule is CC/C=C\C/C=C\C/C=C\C/C=C\C/C=C\C/C=C\CCC(=O)OC[C@H](COC(=O)CCCCCCC/C=C\CCCC)OC(=O)CCCCCCCCCCC/C=C\C/C=C\CCCCC. The van der Waals surface area contributed by atoms with Crippen molar-refractivity contribution in [3.63, 3.8) is 0 Å². The Hall–Kier alpha value is -3.93. The summed E-state index contributed by atoms with van der Waals surface area (Å²) in [5.74, 6) is -1.01. The number of ether oxygens (including phenoxy) is 3. The van der Waals surface area contributed by atoms with Crippen molar-refractivity contribution >= 4 is 17.9 Å². The highest BCUT2D eigenvalue weighted by Crippen LogP contribution is 2.14. The fourth-order valence-electron chi connectivity index (χ4n) is 7.13. The van der Waals surface area contributed by atoms with Crippen molar-refractivity contribution in [1.82, 2.24) is 0 Å². The van der Waals surface area contributed by atoms with Gasteiger partial charge in [-0.2, -0.15) is 0 Å². The van der Waals surface area contributed by atoms with Gasteiger partial charge in [-0.05, 0) is 109 Å². The molecule has 0 unspecified atom stereocenters. The molecule has 380 valence electrons. The first-order valence-corrected chi connectivity index (χ1v) is 27.4. The highest BCUT2D eigenvalue weighted by molar-refractivity contribution is 5.71. The first-order valence-electron chi connectivity index (χ1n) is 27.4. The third-order valence-corrected chi connectivity index (χ3v) is 11.2. The maximum Gasteiger partial charge on any atom is 0.306 e. The molecule has 0 rings (SSSR count). The Labute approximate surface area is 412 Å². The molecule has 6 nitrogen and oxygen atoms in total. The standard InChI is InChI=1S/C61H100O6/c1-4-7-10-13-16-19-22-24-26-28-30-32-34-36-39-42-45-48-51-54-60(63)66-57-58(56-65-59(62)53-50-47-44-41-38-21-18-15-12-9-6-3)67-61(64)55-52-49-46-43-40-37-35-33-31-29-27-25-23-20-17-14-11-8-5-2/h7,10,15-20,24-27,30,32,36,39,45,48,58H,4-6,8-9,11-14,21-23,28-29,31,33-35,37-38,40-44,46-47,49-57H2,1-3H3/b10-7-,18-15-,19-16-,20-17-,26-24-,27-25-,32-30-,39-36-,48-45-/t58-/m0/s1.